The molecule has 0 aromatic heterocycles. The number of hydrogen-bond acceptors (Lipinski definition) is 3. The molecule has 9 aromatic rings. The van der Waals surface area contributed by atoms with Crippen molar-refractivity contribution >= 4 is 34.1 Å². The maximum atomic E-state index is 10.2. The van der Waals surface area contributed by atoms with Crippen LogP contribution in [0.5, 0.6) is 0 Å². The van der Waals surface area contributed by atoms with Crippen LogP contribution in [0.3, 0.4) is 0 Å². The molecule has 0 N–H and O–H groups in total. The summed E-state index contributed by atoms with van der Waals surface area (Å²) in [6.07, 6.45) is 0. The van der Waals surface area contributed by atoms with Gasteiger partial charge in [0.15, 0.2) is 0 Å². The minimum Gasteiger partial charge on any atom is -0.310 e. The fourth-order valence-electron chi connectivity index (χ4n) is 10.8. The van der Waals surface area contributed by atoms with Crippen molar-refractivity contribution in [1.82, 2.24) is 0 Å². The van der Waals surface area contributed by atoms with E-state index in [1.165, 1.54) is 67.3 Å². The van der Waals surface area contributed by atoms with Crippen molar-refractivity contribution in [3.05, 3.63) is 239 Å². The van der Waals surface area contributed by atoms with Crippen LogP contribution in [0, 0.1) is 25.2 Å². The van der Waals surface area contributed by atoms with Crippen molar-refractivity contribution in [3.8, 4) is 50.6 Å². The van der Waals surface area contributed by atoms with Gasteiger partial charge in [0.05, 0.1) is 34.4 Å². The second kappa shape index (κ2) is 15.7. The SMILES string of the molecule is Cc1cc(N2c3ccccc3C(C)(C)c3ccccc32)ccc1-c1ccc(-c2cc(C#N)cc(-c3ccc(-c4ccc(N5c6ccccc6C(C)(C)c6ccccc65)cc4C)cc3)c2)cc1. The zero-order chi connectivity index (χ0) is 45.3. The number of aryl methyl sites for hydroxylation is 2. The van der Waals surface area contributed by atoms with E-state index in [1.54, 1.807) is 0 Å². The van der Waals surface area contributed by atoms with Gasteiger partial charge in [-0.05, 0) is 158 Å². The molecular weight excluding hydrogens is 799 g/mol. The Morgan fingerprint density at radius 3 is 0.985 bits per heavy atom. The van der Waals surface area contributed by atoms with Gasteiger partial charge in [-0.3, -0.25) is 0 Å². The van der Waals surface area contributed by atoms with Gasteiger partial charge in [0.25, 0.3) is 0 Å². The van der Waals surface area contributed by atoms with E-state index in [0.717, 1.165) is 44.8 Å². The first-order chi connectivity index (χ1) is 32.0. The Bertz CT molecular complexity index is 3080. The van der Waals surface area contributed by atoms with Crippen molar-refractivity contribution in [2.24, 2.45) is 0 Å². The summed E-state index contributed by atoms with van der Waals surface area (Å²) in [5.74, 6) is 0. The van der Waals surface area contributed by atoms with Crippen molar-refractivity contribution in [2.75, 3.05) is 9.80 Å². The first-order valence-corrected chi connectivity index (χ1v) is 23.0. The Balaban J connectivity index is 0.856. The summed E-state index contributed by atoms with van der Waals surface area (Å²) in [6, 6.07) is 75.0. The molecule has 3 heteroatoms. The highest BCUT2D eigenvalue weighted by atomic mass is 15.2. The average Bonchev–Trinajstić information content (AvgIpc) is 3.34. The molecule has 66 heavy (non-hydrogen) atoms. The zero-order valence-electron chi connectivity index (χ0n) is 38.4. The molecule has 2 heterocycles. The van der Waals surface area contributed by atoms with Crippen molar-refractivity contribution in [3.63, 3.8) is 0 Å². The van der Waals surface area contributed by atoms with Gasteiger partial charge in [0.2, 0.25) is 0 Å². The fraction of sp³-hybridized carbons (Fsp3) is 0.127. The largest absolute Gasteiger partial charge is 0.310 e. The standard InChI is InChI=1S/C63H51N3/c1-41-35-50(65-58-19-11-7-15-54(58)62(3,4)55-16-8-12-20-59(55)65)31-33-52(41)46-27-23-44(24-28-46)48-37-43(40-64)38-49(39-48)45-25-29-47(30-26-45)53-34-32-51(36-42(53)2)66-60-21-13-9-17-56(60)63(5,6)57-18-10-14-22-61(57)66/h7-39H,1-6H3. The summed E-state index contributed by atoms with van der Waals surface area (Å²) in [5.41, 5.74) is 24.3. The molecule has 318 valence electrons. The Labute approximate surface area is 389 Å². The Hall–Kier alpha value is -7.93. The molecule has 0 fully saturated rings. The summed E-state index contributed by atoms with van der Waals surface area (Å²) in [7, 11) is 0. The predicted molar refractivity (Wildman–Crippen MR) is 276 cm³/mol. The molecule has 0 spiro atoms. The first kappa shape index (κ1) is 40.8. The molecule has 0 saturated heterocycles. The molecule has 0 bridgehead atoms. The van der Waals surface area contributed by atoms with E-state index >= 15 is 0 Å². The summed E-state index contributed by atoms with van der Waals surface area (Å²) in [5, 5.41) is 10.2. The number of fused-ring (bicyclic) bond motifs is 4. The maximum Gasteiger partial charge on any atom is 0.0992 e. The van der Waals surface area contributed by atoms with Crippen LogP contribution in [0.25, 0.3) is 44.5 Å². The molecule has 0 saturated carbocycles. The average molecular weight is 850 g/mol. The van der Waals surface area contributed by atoms with E-state index in [4.69, 9.17) is 0 Å². The van der Waals surface area contributed by atoms with Crippen LogP contribution in [0.2, 0.25) is 0 Å². The number of hydrogen-bond donors (Lipinski definition) is 0. The van der Waals surface area contributed by atoms with Gasteiger partial charge in [-0.25, -0.2) is 0 Å². The lowest BCUT2D eigenvalue weighted by Gasteiger charge is -2.42. The number of nitriles is 1. The molecule has 2 aliphatic rings. The molecule has 0 aliphatic carbocycles. The van der Waals surface area contributed by atoms with Crippen LogP contribution in [0.4, 0.5) is 34.1 Å². The van der Waals surface area contributed by atoms with Crippen molar-refractivity contribution in [1.29, 1.82) is 5.26 Å². The third-order valence-corrected chi connectivity index (χ3v) is 14.3. The normalized spacial score (nSPS) is 14.1. The summed E-state index contributed by atoms with van der Waals surface area (Å²) >= 11 is 0. The molecule has 0 unspecified atom stereocenters. The first-order valence-electron chi connectivity index (χ1n) is 23.0. The number of para-hydroxylation sites is 4. The number of benzene rings is 9. The van der Waals surface area contributed by atoms with Crippen LogP contribution in [0.1, 0.15) is 66.6 Å². The molecule has 0 amide bonds. The van der Waals surface area contributed by atoms with Gasteiger partial charge in [0.1, 0.15) is 0 Å². The monoisotopic (exact) mass is 849 g/mol. The van der Waals surface area contributed by atoms with E-state index in [1.807, 2.05) is 12.1 Å². The minimum atomic E-state index is -0.0966. The third-order valence-electron chi connectivity index (χ3n) is 14.3. The number of nitrogens with zero attached hydrogens (tertiary/aromatic N) is 3. The molecule has 9 aromatic carbocycles. The molecule has 0 atom stereocenters. The van der Waals surface area contributed by atoms with Gasteiger partial charge in [-0.15, -0.1) is 0 Å². The minimum absolute atomic E-state index is 0.0966. The second-order valence-corrected chi connectivity index (χ2v) is 19.1. The van der Waals surface area contributed by atoms with Crippen molar-refractivity contribution in [2.45, 2.75) is 52.4 Å². The summed E-state index contributed by atoms with van der Waals surface area (Å²) in [4.78, 5) is 4.83. The van der Waals surface area contributed by atoms with Crippen LogP contribution in [-0.2, 0) is 10.8 Å². The zero-order valence-corrected chi connectivity index (χ0v) is 38.4. The van der Waals surface area contributed by atoms with Crippen LogP contribution in [0.15, 0.2) is 200 Å². The summed E-state index contributed by atoms with van der Waals surface area (Å²) < 4.78 is 0. The highest BCUT2D eigenvalue weighted by Gasteiger charge is 2.38. The topological polar surface area (TPSA) is 30.3 Å². The Morgan fingerprint density at radius 2 is 0.667 bits per heavy atom. The predicted octanol–water partition coefficient (Wildman–Crippen LogP) is 17.1. The van der Waals surface area contributed by atoms with E-state index < -0.39 is 0 Å². The van der Waals surface area contributed by atoms with E-state index in [0.29, 0.717) is 5.56 Å². The van der Waals surface area contributed by atoms with E-state index in [2.05, 4.69) is 245 Å². The fourth-order valence-corrected chi connectivity index (χ4v) is 10.8. The van der Waals surface area contributed by atoms with Crippen molar-refractivity contribution < 1.29 is 0 Å². The smallest absolute Gasteiger partial charge is 0.0992 e. The summed E-state index contributed by atoms with van der Waals surface area (Å²) in [6.45, 7) is 13.7. The Kier molecular flexibility index (Phi) is 9.68. The van der Waals surface area contributed by atoms with Crippen LogP contribution < -0.4 is 9.80 Å². The molecular formula is C63H51N3. The lowest BCUT2D eigenvalue weighted by atomic mass is 9.73. The Morgan fingerprint density at radius 1 is 0.348 bits per heavy atom. The van der Waals surface area contributed by atoms with E-state index in [-0.39, 0.29) is 10.8 Å². The van der Waals surface area contributed by atoms with Crippen LogP contribution >= 0.6 is 0 Å². The van der Waals surface area contributed by atoms with Gasteiger partial charge >= 0.3 is 0 Å². The molecule has 11 rings (SSSR count). The quantitative estimate of drug-likeness (QED) is 0.167. The highest BCUT2D eigenvalue weighted by molar-refractivity contribution is 5.89. The van der Waals surface area contributed by atoms with Gasteiger partial charge < -0.3 is 9.80 Å². The van der Waals surface area contributed by atoms with Gasteiger partial charge in [-0.2, -0.15) is 5.26 Å². The van der Waals surface area contributed by atoms with E-state index in [9.17, 15) is 5.26 Å². The third kappa shape index (κ3) is 6.64. The lowest BCUT2D eigenvalue weighted by Crippen LogP contribution is -2.30. The second-order valence-electron chi connectivity index (χ2n) is 19.1. The van der Waals surface area contributed by atoms with Crippen LogP contribution in [-0.4, -0.2) is 0 Å². The van der Waals surface area contributed by atoms with Gasteiger partial charge in [0, 0.05) is 22.2 Å². The number of rotatable bonds is 6. The van der Waals surface area contributed by atoms with Gasteiger partial charge in [-0.1, -0.05) is 161 Å². The lowest BCUT2D eigenvalue weighted by molar-refractivity contribution is 0.631. The number of anilines is 6. The maximum absolute atomic E-state index is 10.2. The molecule has 0 radical (unpaired) electrons. The highest BCUT2D eigenvalue weighted by Crippen LogP contribution is 2.53. The molecule has 2 aliphatic heterocycles. The molecule has 3 nitrogen and oxygen atoms in total.